The van der Waals surface area contributed by atoms with E-state index < -0.39 is 10.1 Å². The van der Waals surface area contributed by atoms with Crippen LogP contribution >= 0.6 is 11.6 Å². The SMILES string of the molecule is N=C=O.O=S(=O)(O)c1ccccc1Cl. The lowest BCUT2D eigenvalue weighted by Gasteiger charge is -1.97. The molecule has 0 bridgehead atoms. The number of benzene rings is 1. The summed E-state index contributed by atoms with van der Waals surface area (Å²) in [6.07, 6.45) is 0.750. The van der Waals surface area contributed by atoms with Gasteiger partial charge < -0.3 is 0 Å². The molecule has 0 spiro atoms. The smallest absolute Gasteiger partial charge is 0.282 e. The third kappa shape index (κ3) is 4.15. The molecule has 1 aromatic rings. The molecule has 0 fully saturated rings. The molecule has 0 aliphatic heterocycles. The quantitative estimate of drug-likeness (QED) is 0.438. The van der Waals surface area contributed by atoms with Crippen LogP contribution < -0.4 is 0 Å². The van der Waals surface area contributed by atoms with Crippen LogP contribution in [0.4, 0.5) is 0 Å². The summed E-state index contributed by atoms with van der Waals surface area (Å²) in [6.45, 7) is 0. The molecule has 1 aromatic carbocycles. The Morgan fingerprint density at radius 3 is 2.07 bits per heavy atom. The van der Waals surface area contributed by atoms with Crippen molar-refractivity contribution in [1.29, 1.82) is 5.41 Å². The zero-order valence-corrected chi connectivity index (χ0v) is 8.34. The van der Waals surface area contributed by atoms with E-state index in [-0.39, 0.29) is 9.92 Å². The molecule has 0 unspecified atom stereocenters. The summed E-state index contributed by atoms with van der Waals surface area (Å²) in [5.74, 6) is 0. The van der Waals surface area contributed by atoms with Crippen molar-refractivity contribution in [2.45, 2.75) is 4.90 Å². The Kier molecular flexibility index (Phi) is 5.04. The van der Waals surface area contributed by atoms with E-state index in [4.69, 9.17) is 26.4 Å². The highest BCUT2D eigenvalue weighted by Gasteiger charge is 2.12. The lowest BCUT2D eigenvalue weighted by Crippen LogP contribution is -1.97. The van der Waals surface area contributed by atoms with Gasteiger partial charge >= 0.3 is 0 Å². The van der Waals surface area contributed by atoms with Crippen molar-refractivity contribution in [3.63, 3.8) is 0 Å². The standard InChI is InChI=1S/C6H5ClO3S.CHNO/c7-5-3-1-2-4-6(5)11(8,9)10;2-1-3/h1-4H,(H,8,9,10);2H. The van der Waals surface area contributed by atoms with E-state index in [1.807, 2.05) is 0 Å². The molecule has 1 rings (SSSR count). The molecule has 14 heavy (non-hydrogen) atoms. The van der Waals surface area contributed by atoms with Crippen molar-refractivity contribution < 1.29 is 17.8 Å². The lowest BCUT2D eigenvalue weighted by atomic mass is 10.4. The van der Waals surface area contributed by atoms with E-state index in [9.17, 15) is 8.42 Å². The van der Waals surface area contributed by atoms with Crippen LogP contribution in [0.1, 0.15) is 0 Å². The van der Waals surface area contributed by atoms with Crippen LogP contribution in [0.25, 0.3) is 0 Å². The van der Waals surface area contributed by atoms with Gasteiger partial charge in [-0.05, 0) is 12.1 Å². The van der Waals surface area contributed by atoms with Crippen LogP contribution in [0.15, 0.2) is 29.2 Å². The van der Waals surface area contributed by atoms with Crippen LogP contribution in [0, 0.1) is 5.41 Å². The van der Waals surface area contributed by atoms with Gasteiger partial charge in [-0.15, -0.1) is 0 Å². The first kappa shape index (κ1) is 12.8. The minimum absolute atomic E-state index is 0.0231. The molecular weight excluding hydrogens is 230 g/mol. The van der Waals surface area contributed by atoms with E-state index in [0.717, 1.165) is 6.08 Å². The molecule has 0 amide bonds. The first-order chi connectivity index (χ1) is 6.43. The zero-order valence-electron chi connectivity index (χ0n) is 6.77. The highest BCUT2D eigenvalue weighted by molar-refractivity contribution is 7.86. The summed E-state index contributed by atoms with van der Waals surface area (Å²) < 4.78 is 29.6. The summed E-state index contributed by atoms with van der Waals surface area (Å²) in [5.41, 5.74) is 0. The Morgan fingerprint density at radius 2 is 1.79 bits per heavy atom. The molecule has 0 radical (unpaired) electrons. The number of carbonyl (C=O) groups excluding carboxylic acids is 1. The van der Waals surface area contributed by atoms with Crippen molar-refractivity contribution in [3.8, 4) is 0 Å². The minimum atomic E-state index is -4.17. The van der Waals surface area contributed by atoms with Crippen LogP contribution in [0.2, 0.25) is 5.02 Å². The lowest BCUT2D eigenvalue weighted by molar-refractivity contribution is 0.483. The van der Waals surface area contributed by atoms with Crippen molar-refractivity contribution in [1.82, 2.24) is 0 Å². The van der Waals surface area contributed by atoms with Gasteiger partial charge in [0, 0.05) is 0 Å². The number of hydrogen-bond donors (Lipinski definition) is 2. The molecule has 2 N–H and O–H groups in total. The number of hydrogen-bond acceptors (Lipinski definition) is 4. The molecule has 0 aromatic heterocycles. The van der Waals surface area contributed by atoms with E-state index in [1.165, 1.54) is 18.2 Å². The summed E-state index contributed by atoms with van der Waals surface area (Å²) in [4.78, 5) is 8.08. The maximum atomic E-state index is 10.5. The average molecular weight is 236 g/mol. The number of isocyanates is 1. The molecule has 0 saturated heterocycles. The minimum Gasteiger partial charge on any atom is -0.282 e. The number of halogens is 1. The summed E-state index contributed by atoms with van der Waals surface area (Å²) in [6, 6.07) is 5.69. The van der Waals surface area contributed by atoms with Crippen molar-refractivity contribution in [2.75, 3.05) is 0 Å². The van der Waals surface area contributed by atoms with Gasteiger partial charge in [-0.2, -0.15) is 8.42 Å². The second-order valence-electron chi connectivity index (χ2n) is 2.01. The Balaban J connectivity index is 0.000000500. The molecule has 5 nitrogen and oxygen atoms in total. The van der Waals surface area contributed by atoms with Crippen LogP contribution in [0.3, 0.4) is 0 Å². The van der Waals surface area contributed by atoms with Crippen molar-refractivity contribution >= 4 is 27.8 Å². The maximum absolute atomic E-state index is 10.5. The van der Waals surface area contributed by atoms with E-state index in [1.54, 1.807) is 6.07 Å². The predicted octanol–water partition coefficient (Wildman–Crippen LogP) is 1.49. The summed E-state index contributed by atoms with van der Waals surface area (Å²) in [5, 5.41) is 5.43. The monoisotopic (exact) mass is 235 g/mol. The van der Waals surface area contributed by atoms with Gasteiger partial charge in [-0.3, -0.25) is 4.55 Å². The van der Waals surface area contributed by atoms with Gasteiger partial charge in [0.25, 0.3) is 10.1 Å². The topological polar surface area (TPSA) is 95.3 Å². The van der Waals surface area contributed by atoms with E-state index in [0.29, 0.717) is 0 Å². The van der Waals surface area contributed by atoms with Crippen LogP contribution in [-0.2, 0) is 14.9 Å². The Morgan fingerprint density at radius 1 is 1.36 bits per heavy atom. The van der Waals surface area contributed by atoms with E-state index in [2.05, 4.69) is 0 Å². The maximum Gasteiger partial charge on any atom is 0.296 e. The number of nitrogens with one attached hydrogen (secondary N) is 1. The molecule has 0 aliphatic rings. The van der Waals surface area contributed by atoms with Crippen molar-refractivity contribution in [3.05, 3.63) is 29.3 Å². The number of rotatable bonds is 1. The highest BCUT2D eigenvalue weighted by Crippen LogP contribution is 2.19. The third-order valence-electron chi connectivity index (χ3n) is 1.11. The Bertz CT molecular complexity index is 437. The summed E-state index contributed by atoms with van der Waals surface area (Å²) in [7, 11) is -4.17. The Labute approximate surface area is 85.6 Å². The molecule has 0 aliphatic carbocycles. The van der Waals surface area contributed by atoms with Crippen LogP contribution in [-0.4, -0.2) is 19.1 Å². The van der Waals surface area contributed by atoms with Gasteiger partial charge in [0.05, 0.1) is 5.02 Å². The van der Waals surface area contributed by atoms with Gasteiger partial charge in [-0.25, -0.2) is 10.2 Å². The normalized spacial score (nSPS) is 9.57. The first-order valence-corrected chi connectivity index (χ1v) is 5.01. The molecule has 0 saturated carbocycles. The van der Waals surface area contributed by atoms with Gasteiger partial charge in [0.15, 0.2) is 0 Å². The van der Waals surface area contributed by atoms with E-state index >= 15 is 0 Å². The first-order valence-electron chi connectivity index (χ1n) is 3.19. The second kappa shape index (κ2) is 5.51. The largest absolute Gasteiger partial charge is 0.296 e. The zero-order chi connectivity index (χ0) is 11.2. The third-order valence-corrected chi connectivity index (χ3v) is 2.47. The predicted molar refractivity (Wildman–Crippen MR) is 49.7 cm³/mol. The molecular formula is C7H6ClNO4S. The van der Waals surface area contributed by atoms with Gasteiger partial charge in [0.1, 0.15) is 4.90 Å². The Hall–Kier alpha value is -1.20. The molecule has 76 valence electrons. The summed E-state index contributed by atoms with van der Waals surface area (Å²) >= 11 is 5.47. The highest BCUT2D eigenvalue weighted by atomic mass is 35.5. The fraction of sp³-hybridized carbons (Fsp3) is 0. The fourth-order valence-electron chi connectivity index (χ4n) is 0.654. The molecule has 7 heteroatoms. The van der Waals surface area contributed by atoms with Crippen LogP contribution in [0.5, 0.6) is 0 Å². The fourth-order valence-corrected chi connectivity index (χ4v) is 1.65. The molecule has 0 atom stereocenters. The second-order valence-corrected chi connectivity index (χ2v) is 3.80. The van der Waals surface area contributed by atoms with Crippen molar-refractivity contribution in [2.24, 2.45) is 0 Å². The van der Waals surface area contributed by atoms with Gasteiger partial charge in [0.2, 0.25) is 6.08 Å². The molecule has 0 heterocycles. The average Bonchev–Trinajstić information content (AvgIpc) is 2.04. The van der Waals surface area contributed by atoms with Gasteiger partial charge in [-0.1, -0.05) is 23.7 Å².